The molecule has 0 radical (unpaired) electrons. The fraction of sp³-hybridized carbons (Fsp3) is 0.538. The molecule has 0 aliphatic heterocycles. The third-order valence-corrected chi connectivity index (χ3v) is 3.03. The minimum Gasteiger partial charge on any atom is -0.324 e. The van der Waals surface area contributed by atoms with Crippen LogP contribution in [0.2, 0.25) is 10.0 Å². The lowest BCUT2D eigenvalue weighted by Gasteiger charge is -2.23. The highest BCUT2D eigenvalue weighted by atomic mass is 35.5. The van der Waals surface area contributed by atoms with Gasteiger partial charge in [0.1, 0.15) is 0 Å². The molecule has 0 aliphatic rings. The second-order valence-electron chi connectivity index (χ2n) is 5.21. The van der Waals surface area contributed by atoms with Crippen LogP contribution in [0, 0.1) is 0 Å². The predicted molar refractivity (Wildman–Crippen MR) is 90.4 cm³/mol. The van der Waals surface area contributed by atoms with Gasteiger partial charge in [0.2, 0.25) is 0 Å². The Morgan fingerprint density at radius 1 is 1.26 bits per heavy atom. The average molecular weight is 348 g/mol. The molecule has 0 saturated carbocycles. The monoisotopic (exact) mass is 346 g/mol. The Bertz CT molecular complexity index is 377. The molecule has 0 aliphatic carbocycles. The van der Waals surface area contributed by atoms with Gasteiger partial charge in [0.05, 0.1) is 0 Å². The molecular formula is C13H22Cl4N2. The molecule has 0 saturated heterocycles. The molecule has 0 aromatic heterocycles. The van der Waals surface area contributed by atoms with Crippen LogP contribution in [-0.4, -0.2) is 18.1 Å². The summed E-state index contributed by atoms with van der Waals surface area (Å²) >= 11 is 12.0. The van der Waals surface area contributed by atoms with E-state index in [9.17, 15) is 0 Å². The number of rotatable bonds is 5. The second kappa shape index (κ2) is 9.28. The van der Waals surface area contributed by atoms with Gasteiger partial charge in [-0.2, -0.15) is 0 Å². The van der Waals surface area contributed by atoms with E-state index in [4.69, 9.17) is 28.9 Å². The summed E-state index contributed by atoms with van der Waals surface area (Å²) in [5.74, 6) is 0. The number of nitrogens with two attached hydrogens (primary N) is 1. The molecule has 1 unspecified atom stereocenters. The summed E-state index contributed by atoms with van der Waals surface area (Å²) in [4.78, 5) is 0. The van der Waals surface area contributed by atoms with Crippen molar-refractivity contribution in [1.82, 2.24) is 5.32 Å². The summed E-state index contributed by atoms with van der Waals surface area (Å²) in [6.45, 7) is 6.90. The van der Waals surface area contributed by atoms with Crippen LogP contribution < -0.4 is 11.1 Å². The Balaban J connectivity index is 0. The number of hydrogen-bond donors (Lipinski definition) is 2. The molecule has 6 heteroatoms. The maximum absolute atomic E-state index is 6.13. The van der Waals surface area contributed by atoms with E-state index in [0.29, 0.717) is 11.1 Å². The van der Waals surface area contributed by atoms with Gasteiger partial charge < -0.3 is 11.1 Å². The molecule has 112 valence electrons. The molecule has 1 aromatic carbocycles. The third kappa shape index (κ3) is 8.96. The summed E-state index contributed by atoms with van der Waals surface area (Å²) in [7, 11) is 0. The predicted octanol–water partition coefficient (Wildman–Crippen LogP) is 4.09. The Morgan fingerprint density at radius 3 is 2.32 bits per heavy atom. The first-order chi connectivity index (χ1) is 7.78. The summed E-state index contributed by atoms with van der Waals surface area (Å²) in [5.41, 5.74) is 6.83. The van der Waals surface area contributed by atoms with Crippen molar-refractivity contribution in [3.8, 4) is 0 Å². The van der Waals surface area contributed by atoms with Gasteiger partial charge in [-0.25, -0.2) is 0 Å². The van der Waals surface area contributed by atoms with Crippen LogP contribution in [0.25, 0.3) is 0 Å². The quantitative estimate of drug-likeness (QED) is 0.841. The Labute approximate surface area is 138 Å². The van der Waals surface area contributed by atoms with Gasteiger partial charge in [-0.05, 0) is 44.9 Å². The highest BCUT2D eigenvalue weighted by molar-refractivity contribution is 6.35. The minimum absolute atomic E-state index is 0. The Kier molecular flexibility index (Phi) is 10.5. The van der Waals surface area contributed by atoms with E-state index in [1.54, 1.807) is 6.07 Å². The molecular weight excluding hydrogens is 326 g/mol. The van der Waals surface area contributed by atoms with Gasteiger partial charge in [0, 0.05) is 28.2 Å². The smallest absolute Gasteiger partial charge is 0.0453 e. The molecule has 19 heavy (non-hydrogen) atoms. The van der Waals surface area contributed by atoms with Crippen molar-refractivity contribution in [3.05, 3.63) is 33.8 Å². The minimum atomic E-state index is -0.196. The van der Waals surface area contributed by atoms with Crippen molar-refractivity contribution >= 4 is 48.0 Å². The zero-order valence-corrected chi connectivity index (χ0v) is 14.5. The highest BCUT2D eigenvalue weighted by Crippen LogP contribution is 2.22. The fourth-order valence-corrected chi connectivity index (χ4v) is 2.01. The fourth-order valence-electron chi connectivity index (χ4n) is 1.53. The molecule has 0 fully saturated rings. The largest absolute Gasteiger partial charge is 0.324 e. The normalized spacial score (nSPS) is 12.3. The number of halogens is 4. The van der Waals surface area contributed by atoms with Crippen molar-refractivity contribution in [2.24, 2.45) is 5.73 Å². The van der Waals surface area contributed by atoms with Crippen LogP contribution >= 0.6 is 48.0 Å². The van der Waals surface area contributed by atoms with E-state index in [-0.39, 0.29) is 30.4 Å². The van der Waals surface area contributed by atoms with E-state index in [1.165, 1.54) is 0 Å². The van der Waals surface area contributed by atoms with Crippen LogP contribution in [0.3, 0.4) is 0 Å². The maximum atomic E-state index is 6.13. The topological polar surface area (TPSA) is 38.0 Å². The third-order valence-electron chi connectivity index (χ3n) is 2.45. The zero-order valence-electron chi connectivity index (χ0n) is 11.4. The van der Waals surface area contributed by atoms with Crippen molar-refractivity contribution in [1.29, 1.82) is 0 Å². The van der Waals surface area contributed by atoms with Gasteiger partial charge in [0.15, 0.2) is 0 Å². The number of benzene rings is 1. The molecule has 0 amide bonds. The van der Waals surface area contributed by atoms with Crippen LogP contribution in [0.15, 0.2) is 18.2 Å². The van der Waals surface area contributed by atoms with Gasteiger partial charge in [-0.1, -0.05) is 29.3 Å². The Hall–Kier alpha value is 0.300. The zero-order chi connectivity index (χ0) is 13.1. The van der Waals surface area contributed by atoms with E-state index in [1.807, 2.05) is 26.0 Å². The lowest BCUT2D eigenvalue weighted by atomic mass is 10.0. The summed E-state index contributed by atoms with van der Waals surface area (Å²) < 4.78 is 0. The molecule has 0 bridgehead atoms. The molecule has 0 spiro atoms. The lowest BCUT2D eigenvalue weighted by molar-refractivity contribution is 0.427. The SMILES string of the molecule is CC(Cc1ccc(Cl)cc1Cl)NCC(C)(C)N.Cl.Cl. The lowest BCUT2D eigenvalue weighted by Crippen LogP contribution is -2.46. The van der Waals surface area contributed by atoms with Gasteiger partial charge in [-0.15, -0.1) is 24.8 Å². The first-order valence-electron chi connectivity index (χ1n) is 5.74. The van der Waals surface area contributed by atoms with Crippen molar-refractivity contribution < 1.29 is 0 Å². The van der Waals surface area contributed by atoms with Crippen molar-refractivity contribution in [2.45, 2.75) is 38.8 Å². The standard InChI is InChI=1S/C13H20Cl2N2.2ClH/c1-9(17-8-13(2,3)16)6-10-4-5-11(14)7-12(10)15;;/h4-5,7,9,17H,6,8,16H2,1-3H3;2*1H. The van der Waals surface area contributed by atoms with Crippen LogP contribution in [0.4, 0.5) is 0 Å². The molecule has 2 nitrogen and oxygen atoms in total. The summed E-state index contributed by atoms with van der Waals surface area (Å²) in [6.07, 6.45) is 0.867. The average Bonchev–Trinajstić information content (AvgIpc) is 2.18. The summed E-state index contributed by atoms with van der Waals surface area (Å²) in [6, 6.07) is 5.94. The van der Waals surface area contributed by atoms with E-state index in [0.717, 1.165) is 23.6 Å². The second-order valence-corrected chi connectivity index (χ2v) is 6.05. The summed E-state index contributed by atoms with van der Waals surface area (Å²) in [5, 5.41) is 4.79. The molecule has 1 aromatic rings. The van der Waals surface area contributed by atoms with Gasteiger partial charge in [0.25, 0.3) is 0 Å². The van der Waals surface area contributed by atoms with E-state index >= 15 is 0 Å². The Morgan fingerprint density at radius 2 is 1.84 bits per heavy atom. The van der Waals surface area contributed by atoms with Gasteiger partial charge >= 0.3 is 0 Å². The molecule has 1 atom stereocenters. The van der Waals surface area contributed by atoms with Crippen molar-refractivity contribution in [3.63, 3.8) is 0 Å². The highest BCUT2D eigenvalue weighted by Gasteiger charge is 2.13. The van der Waals surface area contributed by atoms with Crippen LogP contribution in [0.1, 0.15) is 26.3 Å². The number of hydrogen-bond acceptors (Lipinski definition) is 2. The molecule has 1 rings (SSSR count). The maximum Gasteiger partial charge on any atom is 0.0453 e. The van der Waals surface area contributed by atoms with E-state index < -0.39 is 0 Å². The van der Waals surface area contributed by atoms with Gasteiger partial charge in [-0.3, -0.25) is 0 Å². The first-order valence-corrected chi connectivity index (χ1v) is 6.50. The van der Waals surface area contributed by atoms with Crippen LogP contribution in [-0.2, 0) is 6.42 Å². The first kappa shape index (κ1) is 21.6. The molecule has 3 N–H and O–H groups in total. The van der Waals surface area contributed by atoms with E-state index in [2.05, 4.69) is 12.2 Å². The number of nitrogens with one attached hydrogen (secondary N) is 1. The van der Waals surface area contributed by atoms with Crippen molar-refractivity contribution in [2.75, 3.05) is 6.54 Å². The molecule has 0 heterocycles. The van der Waals surface area contributed by atoms with Crippen LogP contribution in [0.5, 0.6) is 0 Å².